The first-order chi connectivity index (χ1) is 8.91. The SMILES string of the molecule is Cc1cccc(C(N)Cc2c(C)nn(C)c2Cl)c1Br. The Balaban J connectivity index is 2.31. The smallest absolute Gasteiger partial charge is 0.130 e. The molecule has 0 aliphatic carbocycles. The van der Waals surface area contributed by atoms with E-state index in [9.17, 15) is 0 Å². The van der Waals surface area contributed by atoms with Gasteiger partial charge in [0.25, 0.3) is 0 Å². The lowest BCUT2D eigenvalue weighted by Crippen LogP contribution is -2.14. The molecule has 1 atom stereocenters. The van der Waals surface area contributed by atoms with Gasteiger partial charge in [-0.3, -0.25) is 4.68 Å². The van der Waals surface area contributed by atoms with Crippen LogP contribution < -0.4 is 5.73 Å². The van der Waals surface area contributed by atoms with Crippen molar-refractivity contribution in [2.75, 3.05) is 0 Å². The van der Waals surface area contributed by atoms with Crippen LogP contribution in [0.15, 0.2) is 22.7 Å². The molecule has 3 nitrogen and oxygen atoms in total. The van der Waals surface area contributed by atoms with E-state index < -0.39 is 0 Å². The number of hydrogen-bond acceptors (Lipinski definition) is 2. The van der Waals surface area contributed by atoms with E-state index in [-0.39, 0.29) is 6.04 Å². The Labute approximate surface area is 126 Å². The molecule has 1 aromatic carbocycles. The van der Waals surface area contributed by atoms with Crippen molar-refractivity contribution in [3.8, 4) is 0 Å². The second kappa shape index (κ2) is 5.65. The largest absolute Gasteiger partial charge is 0.324 e. The molecular weight excluding hydrogens is 326 g/mol. The molecule has 2 rings (SSSR count). The first-order valence-electron chi connectivity index (χ1n) is 6.10. The summed E-state index contributed by atoms with van der Waals surface area (Å²) in [6.07, 6.45) is 0.681. The minimum atomic E-state index is -0.102. The summed E-state index contributed by atoms with van der Waals surface area (Å²) >= 11 is 9.85. The molecule has 0 aliphatic heterocycles. The fraction of sp³-hybridized carbons (Fsp3) is 0.357. The van der Waals surface area contributed by atoms with Crippen LogP contribution in [0.25, 0.3) is 0 Å². The van der Waals surface area contributed by atoms with Gasteiger partial charge in [-0.25, -0.2) is 0 Å². The second-order valence-electron chi connectivity index (χ2n) is 4.77. The van der Waals surface area contributed by atoms with E-state index in [4.69, 9.17) is 17.3 Å². The van der Waals surface area contributed by atoms with Gasteiger partial charge in [0, 0.05) is 23.1 Å². The average Bonchev–Trinajstić information content (AvgIpc) is 2.59. The molecule has 5 heteroatoms. The normalized spacial score (nSPS) is 12.7. The molecule has 0 amide bonds. The fourth-order valence-electron chi connectivity index (χ4n) is 2.19. The van der Waals surface area contributed by atoms with Crippen LogP contribution in [-0.2, 0) is 13.5 Å². The first kappa shape index (κ1) is 14.6. The van der Waals surface area contributed by atoms with E-state index in [2.05, 4.69) is 34.0 Å². The Bertz CT molecular complexity index is 607. The van der Waals surface area contributed by atoms with E-state index in [1.807, 2.05) is 26.1 Å². The standard InChI is InChI=1S/C14H17BrClN3/c1-8-5-4-6-10(13(8)15)12(17)7-11-9(2)18-19(3)14(11)16/h4-6,12H,7,17H2,1-3H3. The van der Waals surface area contributed by atoms with Crippen LogP contribution in [0.1, 0.15) is 28.4 Å². The molecule has 0 spiro atoms. The van der Waals surface area contributed by atoms with Gasteiger partial charge in [-0.05, 0) is 31.4 Å². The van der Waals surface area contributed by atoms with E-state index in [1.54, 1.807) is 4.68 Å². The molecule has 2 N–H and O–H groups in total. The zero-order chi connectivity index (χ0) is 14.2. The molecule has 1 unspecified atom stereocenters. The highest BCUT2D eigenvalue weighted by atomic mass is 79.9. The molecule has 0 fully saturated rings. The van der Waals surface area contributed by atoms with Gasteiger partial charge in [0.15, 0.2) is 0 Å². The van der Waals surface area contributed by atoms with Gasteiger partial charge in [0.1, 0.15) is 5.15 Å². The minimum Gasteiger partial charge on any atom is -0.324 e. The summed E-state index contributed by atoms with van der Waals surface area (Å²) in [6, 6.07) is 6.02. The number of nitrogens with two attached hydrogens (primary N) is 1. The van der Waals surface area contributed by atoms with Crippen LogP contribution in [0.3, 0.4) is 0 Å². The van der Waals surface area contributed by atoms with Crippen LogP contribution in [0, 0.1) is 13.8 Å². The summed E-state index contributed by atoms with van der Waals surface area (Å²) in [5.41, 5.74) is 10.6. The third-order valence-corrected chi connectivity index (χ3v) is 4.87. The Morgan fingerprint density at radius 3 is 2.68 bits per heavy atom. The third kappa shape index (κ3) is 2.86. The van der Waals surface area contributed by atoms with Crippen LogP contribution in [-0.4, -0.2) is 9.78 Å². The molecule has 1 heterocycles. The van der Waals surface area contributed by atoms with Gasteiger partial charge < -0.3 is 5.73 Å². The number of hydrogen-bond donors (Lipinski definition) is 1. The maximum atomic E-state index is 6.32. The van der Waals surface area contributed by atoms with E-state index >= 15 is 0 Å². The van der Waals surface area contributed by atoms with Crippen LogP contribution >= 0.6 is 27.5 Å². The van der Waals surface area contributed by atoms with Crippen molar-refractivity contribution in [1.82, 2.24) is 9.78 Å². The van der Waals surface area contributed by atoms with Crippen molar-refractivity contribution in [1.29, 1.82) is 0 Å². The van der Waals surface area contributed by atoms with Crippen molar-refractivity contribution < 1.29 is 0 Å². The lowest BCUT2D eigenvalue weighted by molar-refractivity contribution is 0.714. The number of halogens is 2. The van der Waals surface area contributed by atoms with Crippen LogP contribution in [0.5, 0.6) is 0 Å². The lowest BCUT2D eigenvalue weighted by atomic mass is 9.99. The second-order valence-corrected chi connectivity index (χ2v) is 5.92. The topological polar surface area (TPSA) is 43.8 Å². The van der Waals surface area contributed by atoms with E-state index in [0.717, 1.165) is 21.3 Å². The monoisotopic (exact) mass is 341 g/mol. The summed E-state index contributed by atoms with van der Waals surface area (Å²) in [5.74, 6) is 0. The molecule has 2 aromatic rings. The molecule has 0 saturated carbocycles. The number of aryl methyl sites for hydroxylation is 3. The van der Waals surface area contributed by atoms with Crippen molar-refractivity contribution in [2.45, 2.75) is 26.3 Å². The number of rotatable bonds is 3. The molecule has 0 aliphatic rings. The highest BCUT2D eigenvalue weighted by Gasteiger charge is 2.17. The predicted octanol–water partition coefficient (Wildman–Crippen LogP) is 3.70. The Hall–Kier alpha value is -0.840. The molecular formula is C14H17BrClN3. The Morgan fingerprint density at radius 1 is 1.42 bits per heavy atom. The Morgan fingerprint density at radius 2 is 2.11 bits per heavy atom. The molecule has 0 bridgehead atoms. The van der Waals surface area contributed by atoms with Crippen LogP contribution in [0.2, 0.25) is 5.15 Å². The van der Waals surface area contributed by atoms with Crippen LogP contribution in [0.4, 0.5) is 0 Å². The Kier molecular flexibility index (Phi) is 4.33. The number of aromatic nitrogens is 2. The molecule has 1 aromatic heterocycles. The molecule has 19 heavy (non-hydrogen) atoms. The van der Waals surface area contributed by atoms with Crippen molar-refractivity contribution in [3.63, 3.8) is 0 Å². The van der Waals surface area contributed by atoms with E-state index in [0.29, 0.717) is 11.6 Å². The summed E-state index contributed by atoms with van der Waals surface area (Å²) in [6.45, 7) is 4.02. The summed E-state index contributed by atoms with van der Waals surface area (Å²) in [7, 11) is 1.84. The van der Waals surface area contributed by atoms with E-state index in [1.165, 1.54) is 5.56 Å². The summed E-state index contributed by atoms with van der Waals surface area (Å²) in [5, 5.41) is 4.98. The predicted molar refractivity (Wildman–Crippen MR) is 82.5 cm³/mol. The van der Waals surface area contributed by atoms with Crippen molar-refractivity contribution in [2.24, 2.45) is 12.8 Å². The lowest BCUT2D eigenvalue weighted by Gasteiger charge is -2.15. The van der Waals surface area contributed by atoms with Gasteiger partial charge in [-0.1, -0.05) is 45.7 Å². The highest BCUT2D eigenvalue weighted by Crippen LogP contribution is 2.30. The van der Waals surface area contributed by atoms with Gasteiger partial charge in [0.05, 0.1) is 5.69 Å². The molecule has 0 radical (unpaired) electrons. The van der Waals surface area contributed by atoms with Gasteiger partial charge >= 0.3 is 0 Å². The first-order valence-corrected chi connectivity index (χ1v) is 7.27. The quantitative estimate of drug-likeness (QED) is 0.924. The minimum absolute atomic E-state index is 0.102. The molecule has 0 saturated heterocycles. The number of benzene rings is 1. The molecule has 102 valence electrons. The average molecular weight is 343 g/mol. The maximum Gasteiger partial charge on any atom is 0.130 e. The maximum absolute atomic E-state index is 6.32. The third-order valence-electron chi connectivity index (χ3n) is 3.32. The summed E-state index contributed by atoms with van der Waals surface area (Å²) < 4.78 is 2.75. The fourth-order valence-corrected chi connectivity index (χ4v) is 3.00. The van der Waals surface area contributed by atoms with Gasteiger partial charge in [0.2, 0.25) is 0 Å². The number of nitrogens with zero attached hydrogens (tertiary/aromatic N) is 2. The van der Waals surface area contributed by atoms with Gasteiger partial charge in [-0.15, -0.1) is 0 Å². The van der Waals surface area contributed by atoms with Gasteiger partial charge in [-0.2, -0.15) is 5.10 Å². The zero-order valence-corrected chi connectivity index (χ0v) is 13.6. The summed E-state index contributed by atoms with van der Waals surface area (Å²) in [4.78, 5) is 0. The van der Waals surface area contributed by atoms with Crippen molar-refractivity contribution >= 4 is 27.5 Å². The van der Waals surface area contributed by atoms with Crippen molar-refractivity contribution in [3.05, 3.63) is 50.2 Å². The highest BCUT2D eigenvalue weighted by molar-refractivity contribution is 9.10. The zero-order valence-electron chi connectivity index (χ0n) is 11.2.